The summed E-state index contributed by atoms with van der Waals surface area (Å²) in [5, 5.41) is 13.6. The molecule has 0 aliphatic carbocycles. The molecule has 3 aromatic rings. The van der Waals surface area contributed by atoms with Crippen molar-refractivity contribution in [2.45, 2.75) is 51.7 Å². The van der Waals surface area contributed by atoms with Gasteiger partial charge in [-0.25, -0.2) is 15.0 Å². The van der Waals surface area contributed by atoms with E-state index in [1.165, 1.54) is 24.0 Å². The Morgan fingerprint density at radius 2 is 2.07 bits per heavy atom. The molecule has 0 radical (unpaired) electrons. The summed E-state index contributed by atoms with van der Waals surface area (Å²) in [6, 6.07) is 0. The Kier molecular flexibility index (Phi) is 4.80. The van der Waals surface area contributed by atoms with Gasteiger partial charge in [0.1, 0.15) is 22.8 Å². The highest BCUT2D eigenvalue weighted by atomic mass is 32.1. The summed E-state index contributed by atoms with van der Waals surface area (Å²) in [6.45, 7) is 7.88. The molecule has 2 N–H and O–H groups in total. The van der Waals surface area contributed by atoms with Crippen molar-refractivity contribution in [1.29, 1.82) is 0 Å². The summed E-state index contributed by atoms with van der Waals surface area (Å²) in [5.41, 5.74) is 3.33. The lowest BCUT2D eigenvalue weighted by molar-refractivity contribution is -0.0395. The smallest absolute Gasteiger partial charge is 0.147 e. The Morgan fingerprint density at radius 1 is 1.24 bits per heavy atom. The van der Waals surface area contributed by atoms with Crippen molar-refractivity contribution in [2.24, 2.45) is 0 Å². The molecule has 1 saturated heterocycles. The lowest BCUT2D eigenvalue weighted by Gasteiger charge is -2.34. The monoisotopic (exact) mass is 413 g/mol. The third-order valence-corrected chi connectivity index (χ3v) is 6.92. The van der Waals surface area contributed by atoms with Crippen LogP contribution in [0.4, 0.5) is 11.6 Å². The summed E-state index contributed by atoms with van der Waals surface area (Å²) >= 11 is 1.66. The zero-order valence-electron chi connectivity index (χ0n) is 17.0. The number of rotatable bonds is 5. The Labute approximate surface area is 174 Å². The first kappa shape index (κ1) is 19.0. The second kappa shape index (κ2) is 7.34. The van der Waals surface area contributed by atoms with E-state index in [2.05, 4.69) is 34.0 Å². The van der Waals surface area contributed by atoms with E-state index in [0.29, 0.717) is 19.6 Å². The lowest BCUT2D eigenvalue weighted by atomic mass is 9.90. The first-order valence-electron chi connectivity index (χ1n) is 10.4. The molecule has 29 heavy (non-hydrogen) atoms. The normalized spacial score (nSPS) is 18.5. The molecule has 7 nitrogen and oxygen atoms in total. The fraction of sp³-hybridized carbons (Fsp3) is 0.571. The molecule has 0 atom stereocenters. The van der Waals surface area contributed by atoms with E-state index in [9.17, 15) is 0 Å². The molecule has 0 aromatic carbocycles. The van der Waals surface area contributed by atoms with Gasteiger partial charge in [-0.15, -0.1) is 11.3 Å². The van der Waals surface area contributed by atoms with Crippen molar-refractivity contribution < 1.29 is 9.84 Å². The maximum atomic E-state index is 9.09. The quantitative estimate of drug-likeness (QED) is 0.620. The van der Waals surface area contributed by atoms with Crippen LogP contribution in [0.5, 0.6) is 0 Å². The van der Waals surface area contributed by atoms with Crippen molar-refractivity contribution in [3.63, 3.8) is 0 Å². The van der Waals surface area contributed by atoms with E-state index >= 15 is 0 Å². The van der Waals surface area contributed by atoms with Crippen LogP contribution in [0.1, 0.15) is 44.2 Å². The van der Waals surface area contributed by atoms with Crippen LogP contribution in [0.3, 0.4) is 0 Å². The molecule has 2 aliphatic rings. The van der Waals surface area contributed by atoms with Gasteiger partial charge >= 0.3 is 0 Å². The van der Waals surface area contributed by atoms with E-state index in [1.54, 1.807) is 17.7 Å². The van der Waals surface area contributed by atoms with Crippen LogP contribution >= 0.6 is 11.3 Å². The number of thiophene rings is 1. The van der Waals surface area contributed by atoms with Gasteiger partial charge in [0.2, 0.25) is 0 Å². The fourth-order valence-electron chi connectivity index (χ4n) is 4.39. The highest BCUT2D eigenvalue weighted by molar-refractivity contribution is 7.26. The molecule has 154 valence electrons. The van der Waals surface area contributed by atoms with Gasteiger partial charge in [0.05, 0.1) is 22.4 Å². The first-order chi connectivity index (χ1) is 14.1. The van der Waals surface area contributed by atoms with Gasteiger partial charge in [-0.05, 0) is 38.7 Å². The summed E-state index contributed by atoms with van der Waals surface area (Å²) in [4.78, 5) is 17.7. The SMILES string of the molecule is CC1(C)Cc2c(c(N3CCCC3)nc3sc4c(NCCCO)ncnc4c23)CO1. The Morgan fingerprint density at radius 3 is 2.86 bits per heavy atom. The summed E-state index contributed by atoms with van der Waals surface area (Å²) in [6.07, 6.45) is 5.61. The fourth-order valence-corrected chi connectivity index (χ4v) is 5.51. The number of aromatic nitrogens is 3. The van der Waals surface area contributed by atoms with Crippen LogP contribution in [0, 0.1) is 0 Å². The van der Waals surface area contributed by atoms with Gasteiger partial charge in [-0.2, -0.15) is 0 Å². The van der Waals surface area contributed by atoms with Crippen molar-refractivity contribution in [1.82, 2.24) is 15.0 Å². The molecule has 0 amide bonds. The molecule has 0 saturated carbocycles. The number of nitrogens with one attached hydrogen (secondary N) is 1. The van der Waals surface area contributed by atoms with Crippen molar-refractivity contribution >= 4 is 43.4 Å². The molecule has 2 aliphatic heterocycles. The minimum Gasteiger partial charge on any atom is -0.396 e. The maximum absolute atomic E-state index is 9.09. The second-order valence-corrected chi connectivity index (χ2v) is 9.50. The number of fused-ring (bicyclic) bond motifs is 5. The van der Waals surface area contributed by atoms with Gasteiger partial charge in [-0.3, -0.25) is 0 Å². The second-order valence-electron chi connectivity index (χ2n) is 8.50. The Balaban J connectivity index is 1.72. The van der Waals surface area contributed by atoms with E-state index < -0.39 is 0 Å². The molecule has 8 heteroatoms. The minimum absolute atomic E-state index is 0.164. The van der Waals surface area contributed by atoms with Crippen LogP contribution in [0.2, 0.25) is 0 Å². The van der Waals surface area contributed by atoms with Gasteiger partial charge in [-0.1, -0.05) is 0 Å². The van der Waals surface area contributed by atoms with Gasteiger partial charge in [0.15, 0.2) is 0 Å². The van der Waals surface area contributed by atoms with Crippen molar-refractivity contribution in [3.8, 4) is 0 Å². The zero-order chi connectivity index (χ0) is 20.0. The number of aliphatic hydroxyl groups excluding tert-OH is 1. The Hall–Kier alpha value is -2.03. The highest BCUT2D eigenvalue weighted by Crippen LogP contribution is 2.44. The van der Waals surface area contributed by atoms with Crippen molar-refractivity contribution in [3.05, 3.63) is 17.5 Å². The standard InChI is InChI=1S/C21H27N5O2S/c1-21(2)10-13-14(11-28-21)19(26-7-3-4-8-26)25-20-15(13)16-17(29-20)18(24-12-23-16)22-6-5-9-27/h12,27H,3-11H2,1-2H3,(H,22,23,24). The van der Waals surface area contributed by atoms with E-state index in [1.807, 2.05) is 0 Å². The van der Waals surface area contributed by atoms with Crippen LogP contribution in [0.15, 0.2) is 6.33 Å². The van der Waals surface area contributed by atoms with E-state index in [4.69, 9.17) is 14.8 Å². The molecule has 0 spiro atoms. The number of hydrogen-bond donors (Lipinski definition) is 2. The number of pyridine rings is 1. The van der Waals surface area contributed by atoms with E-state index in [-0.39, 0.29) is 12.2 Å². The average molecular weight is 414 g/mol. The number of aliphatic hydroxyl groups is 1. The third-order valence-electron chi connectivity index (χ3n) is 5.84. The summed E-state index contributed by atoms with van der Waals surface area (Å²) in [7, 11) is 0. The summed E-state index contributed by atoms with van der Waals surface area (Å²) < 4.78 is 7.23. The van der Waals surface area contributed by atoms with Gasteiger partial charge in [0, 0.05) is 43.6 Å². The predicted octanol–water partition coefficient (Wildman–Crippen LogP) is 3.49. The minimum atomic E-state index is -0.201. The molecule has 5 rings (SSSR count). The average Bonchev–Trinajstić information content (AvgIpc) is 3.35. The van der Waals surface area contributed by atoms with Gasteiger partial charge < -0.3 is 20.1 Å². The molecule has 0 bridgehead atoms. The first-order valence-corrected chi connectivity index (χ1v) is 11.2. The topological polar surface area (TPSA) is 83.4 Å². The van der Waals surface area contributed by atoms with Crippen LogP contribution < -0.4 is 10.2 Å². The number of anilines is 2. The van der Waals surface area contributed by atoms with Crippen LogP contribution in [-0.4, -0.2) is 51.9 Å². The molecular weight excluding hydrogens is 386 g/mol. The number of nitrogens with zero attached hydrogens (tertiary/aromatic N) is 4. The molecule has 1 fully saturated rings. The number of ether oxygens (including phenoxy) is 1. The maximum Gasteiger partial charge on any atom is 0.147 e. The van der Waals surface area contributed by atoms with Gasteiger partial charge in [0.25, 0.3) is 0 Å². The third kappa shape index (κ3) is 3.33. The van der Waals surface area contributed by atoms with Crippen LogP contribution in [0.25, 0.3) is 20.4 Å². The van der Waals surface area contributed by atoms with Crippen molar-refractivity contribution in [2.75, 3.05) is 36.5 Å². The molecular formula is C21H27N5O2S. The largest absolute Gasteiger partial charge is 0.396 e. The Bertz CT molecular complexity index is 1060. The molecule has 5 heterocycles. The zero-order valence-corrected chi connectivity index (χ0v) is 17.8. The van der Waals surface area contributed by atoms with E-state index in [0.717, 1.165) is 51.6 Å². The number of hydrogen-bond acceptors (Lipinski definition) is 8. The van der Waals surface area contributed by atoms with Crippen LogP contribution in [-0.2, 0) is 17.8 Å². The molecule has 0 unspecified atom stereocenters. The lowest BCUT2D eigenvalue weighted by Crippen LogP contribution is -2.33. The molecule has 3 aromatic heterocycles. The summed E-state index contributed by atoms with van der Waals surface area (Å²) in [5.74, 6) is 1.92. The predicted molar refractivity (Wildman–Crippen MR) is 117 cm³/mol. The highest BCUT2D eigenvalue weighted by Gasteiger charge is 2.33.